The number of aromatic nitrogens is 1. The normalized spacial score (nSPS) is 15.6. The molecule has 1 amide bonds. The van der Waals surface area contributed by atoms with Crippen LogP contribution in [0.15, 0.2) is 39.9 Å². The molecule has 132 valence electrons. The van der Waals surface area contributed by atoms with Crippen molar-refractivity contribution in [2.24, 2.45) is 5.10 Å². The van der Waals surface area contributed by atoms with Gasteiger partial charge >= 0.3 is 0 Å². The highest BCUT2D eigenvalue weighted by atomic mass is 79.9. The first-order chi connectivity index (χ1) is 12.1. The number of nitrogens with zero attached hydrogens (tertiary/aromatic N) is 2. The summed E-state index contributed by atoms with van der Waals surface area (Å²) in [6.45, 7) is 4.29. The molecule has 1 N–H and O–H groups in total. The van der Waals surface area contributed by atoms with E-state index < -0.39 is 0 Å². The van der Waals surface area contributed by atoms with E-state index >= 15 is 0 Å². The van der Waals surface area contributed by atoms with Gasteiger partial charge in [0.2, 0.25) is 0 Å². The van der Waals surface area contributed by atoms with Crippen LogP contribution in [0.2, 0.25) is 0 Å². The third kappa shape index (κ3) is 4.21. The lowest BCUT2D eigenvalue weighted by atomic mass is 9.95. The summed E-state index contributed by atoms with van der Waals surface area (Å²) in [5.74, 6) is -0.210. The Kier molecular flexibility index (Phi) is 5.74. The van der Waals surface area contributed by atoms with Crippen molar-refractivity contribution in [3.05, 3.63) is 57.3 Å². The molecule has 4 nitrogen and oxygen atoms in total. The minimum Gasteiger partial charge on any atom is -0.345 e. The maximum atomic E-state index is 12.1. The van der Waals surface area contributed by atoms with Gasteiger partial charge in [0.05, 0.1) is 6.21 Å². The lowest BCUT2D eigenvalue weighted by Gasteiger charge is -2.26. The zero-order chi connectivity index (χ0) is 17.8. The molecule has 0 aliphatic heterocycles. The molecule has 1 saturated carbocycles. The number of carbonyl (C=O) groups excluding carboxylic acids is 1. The summed E-state index contributed by atoms with van der Waals surface area (Å²) in [6, 6.07) is 10.0. The minimum absolute atomic E-state index is 0.210. The number of amides is 1. The van der Waals surface area contributed by atoms with Crippen LogP contribution in [-0.2, 0) is 0 Å². The van der Waals surface area contributed by atoms with Gasteiger partial charge in [-0.05, 0) is 51.0 Å². The van der Waals surface area contributed by atoms with Gasteiger partial charge in [-0.3, -0.25) is 4.79 Å². The molecule has 1 aliphatic rings. The van der Waals surface area contributed by atoms with Gasteiger partial charge < -0.3 is 4.57 Å². The average molecular weight is 402 g/mol. The molecule has 1 fully saturated rings. The quantitative estimate of drug-likeness (QED) is 0.559. The van der Waals surface area contributed by atoms with Crippen LogP contribution in [0.4, 0.5) is 0 Å². The second-order valence-corrected chi connectivity index (χ2v) is 7.61. The second kappa shape index (κ2) is 8.00. The van der Waals surface area contributed by atoms with Crippen LogP contribution in [-0.4, -0.2) is 16.7 Å². The van der Waals surface area contributed by atoms with Crippen LogP contribution in [0, 0.1) is 13.8 Å². The Morgan fingerprint density at radius 3 is 2.72 bits per heavy atom. The number of hydrazone groups is 1. The summed E-state index contributed by atoms with van der Waals surface area (Å²) < 4.78 is 3.32. The van der Waals surface area contributed by atoms with E-state index in [0.29, 0.717) is 11.6 Å². The van der Waals surface area contributed by atoms with E-state index in [0.717, 1.165) is 10.0 Å². The van der Waals surface area contributed by atoms with Crippen molar-refractivity contribution in [3.63, 3.8) is 0 Å². The third-order valence-electron chi connectivity index (χ3n) is 4.92. The van der Waals surface area contributed by atoms with Gasteiger partial charge in [-0.1, -0.05) is 41.3 Å². The summed E-state index contributed by atoms with van der Waals surface area (Å²) in [7, 11) is 0. The molecule has 1 aromatic heterocycles. The van der Waals surface area contributed by atoms with Gasteiger partial charge in [-0.15, -0.1) is 0 Å². The maximum absolute atomic E-state index is 12.1. The molecule has 0 saturated heterocycles. The fraction of sp³-hybridized carbons (Fsp3) is 0.400. The number of nitrogens with one attached hydrogen (secondary N) is 1. The molecule has 0 bridgehead atoms. The molecule has 1 aliphatic carbocycles. The van der Waals surface area contributed by atoms with Crippen molar-refractivity contribution < 1.29 is 4.79 Å². The SMILES string of the molecule is Cc1cc(/C=N\NC(=O)c2cccc(Br)c2)c(C)n1C1CCCCC1. The van der Waals surface area contributed by atoms with Gasteiger partial charge in [0.1, 0.15) is 0 Å². The molecule has 0 spiro atoms. The summed E-state index contributed by atoms with van der Waals surface area (Å²) in [6.07, 6.45) is 8.24. The van der Waals surface area contributed by atoms with Crippen molar-refractivity contribution in [3.8, 4) is 0 Å². The van der Waals surface area contributed by atoms with Crippen LogP contribution >= 0.6 is 15.9 Å². The predicted molar refractivity (Wildman–Crippen MR) is 105 cm³/mol. The summed E-state index contributed by atoms with van der Waals surface area (Å²) in [4.78, 5) is 12.1. The number of hydrogen-bond donors (Lipinski definition) is 1. The molecule has 25 heavy (non-hydrogen) atoms. The first-order valence-corrected chi connectivity index (χ1v) is 9.63. The van der Waals surface area contributed by atoms with Gasteiger partial charge in [0.25, 0.3) is 5.91 Å². The number of benzene rings is 1. The topological polar surface area (TPSA) is 46.4 Å². The molecule has 0 atom stereocenters. The summed E-state index contributed by atoms with van der Waals surface area (Å²) in [5.41, 5.74) is 6.75. The van der Waals surface area contributed by atoms with Crippen molar-refractivity contribution >= 4 is 28.1 Å². The number of carbonyl (C=O) groups is 1. The van der Waals surface area contributed by atoms with E-state index in [1.807, 2.05) is 12.1 Å². The zero-order valence-corrected chi connectivity index (χ0v) is 16.3. The van der Waals surface area contributed by atoms with Crippen LogP contribution in [0.5, 0.6) is 0 Å². The predicted octanol–water partition coefficient (Wildman–Crippen LogP) is 5.14. The highest BCUT2D eigenvalue weighted by molar-refractivity contribution is 9.10. The van der Waals surface area contributed by atoms with Crippen molar-refractivity contribution in [1.29, 1.82) is 0 Å². The Hall–Kier alpha value is -1.88. The van der Waals surface area contributed by atoms with Gasteiger partial charge in [-0.25, -0.2) is 5.43 Å². The molecular formula is C20H24BrN3O. The standard InChI is InChI=1S/C20H24BrN3O/c1-14-11-17(15(2)24(14)19-9-4-3-5-10-19)13-22-23-20(25)16-7-6-8-18(21)12-16/h6-8,11-13,19H,3-5,9-10H2,1-2H3,(H,23,25)/b22-13-. The van der Waals surface area contributed by atoms with E-state index in [1.165, 1.54) is 43.5 Å². The maximum Gasteiger partial charge on any atom is 0.271 e. The Morgan fingerprint density at radius 1 is 1.24 bits per heavy atom. The Bertz CT molecular complexity index is 788. The Balaban J connectivity index is 1.70. The fourth-order valence-corrected chi connectivity index (χ4v) is 4.09. The van der Waals surface area contributed by atoms with Crippen molar-refractivity contribution in [1.82, 2.24) is 9.99 Å². The lowest BCUT2D eigenvalue weighted by molar-refractivity contribution is 0.0955. The lowest BCUT2D eigenvalue weighted by Crippen LogP contribution is -2.17. The van der Waals surface area contributed by atoms with E-state index in [1.54, 1.807) is 18.3 Å². The number of hydrogen-bond acceptors (Lipinski definition) is 2. The molecule has 1 aromatic carbocycles. The summed E-state index contributed by atoms with van der Waals surface area (Å²) >= 11 is 3.37. The Labute approximate surface area is 157 Å². The molecule has 0 unspecified atom stereocenters. The zero-order valence-electron chi connectivity index (χ0n) is 14.8. The highest BCUT2D eigenvalue weighted by Crippen LogP contribution is 2.31. The van der Waals surface area contributed by atoms with E-state index in [-0.39, 0.29) is 5.91 Å². The molecule has 1 heterocycles. The van der Waals surface area contributed by atoms with Crippen LogP contribution in [0.25, 0.3) is 0 Å². The first kappa shape index (κ1) is 17.9. The smallest absolute Gasteiger partial charge is 0.271 e. The van der Waals surface area contributed by atoms with Crippen LogP contribution in [0.3, 0.4) is 0 Å². The molecule has 3 rings (SSSR count). The van der Waals surface area contributed by atoms with E-state index in [9.17, 15) is 4.79 Å². The monoisotopic (exact) mass is 401 g/mol. The Morgan fingerprint density at radius 2 is 2.00 bits per heavy atom. The van der Waals surface area contributed by atoms with Gasteiger partial charge in [0, 0.05) is 33.0 Å². The number of aryl methyl sites for hydroxylation is 1. The number of halogens is 1. The van der Waals surface area contributed by atoms with Gasteiger partial charge in [0.15, 0.2) is 0 Å². The highest BCUT2D eigenvalue weighted by Gasteiger charge is 2.19. The average Bonchev–Trinajstić information content (AvgIpc) is 2.89. The molecule has 2 aromatic rings. The van der Waals surface area contributed by atoms with Crippen molar-refractivity contribution in [2.75, 3.05) is 0 Å². The molecular weight excluding hydrogens is 378 g/mol. The fourth-order valence-electron chi connectivity index (χ4n) is 3.69. The first-order valence-electron chi connectivity index (χ1n) is 8.83. The van der Waals surface area contributed by atoms with E-state index in [4.69, 9.17) is 0 Å². The van der Waals surface area contributed by atoms with Crippen molar-refractivity contribution in [2.45, 2.75) is 52.0 Å². The molecule has 5 heteroatoms. The van der Waals surface area contributed by atoms with E-state index in [2.05, 4.69) is 50.9 Å². The third-order valence-corrected chi connectivity index (χ3v) is 5.41. The number of rotatable bonds is 4. The summed E-state index contributed by atoms with van der Waals surface area (Å²) in [5, 5.41) is 4.15. The minimum atomic E-state index is -0.210. The van der Waals surface area contributed by atoms with Crippen LogP contribution in [0.1, 0.15) is 65.5 Å². The van der Waals surface area contributed by atoms with Crippen LogP contribution < -0.4 is 5.43 Å². The largest absolute Gasteiger partial charge is 0.345 e. The second-order valence-electron chi connectivity index (χ2n) is 6.70. The van der Waals surface area contributed by atoms with Gasteiger partial charge in [-0.2, -0.15) is 5.10 Å². The molecule has 0 radical (unpaired) electrons.